The molecule has 0 fully saturated rings. The highest BCUT2D eigenvalue weighted by atomic mass is 16.2. The Morgan fingerprint density at radius 1 is 1.00 bits per heavy atom. The third kappa shape index (κ3) is 5.83. The minimum absolute atomic E-state index is 0.0740. The number of nitrogens with one attached hydrogen (secondary N) is 1. The van der Waals surface area contributed by atoms with Gasteiger partial charge in [-0.1, -0.05) is 81.3 Å². The van der Waals surface area contributed by atoms with Crippen molar-refractivity contribution in [2.75, 3.05) is 11.4 Å². The van der Waals surface area contributed by atoms with E-state index in [1.807, 2.05) is 41.1 Å². The van der Waals surface area contributed by atoms with E-state index in [9.17, 15) is 9.59 Å². The maximum Gasteiger partial charge on any atom is 0.227 e. The van der Waals surface area contributed by atoms with Gasteiger partial charge in [-0.15, -0.1) is 5.10 Å². The van der Waals surface area contributed by atoms with Gasteiger partial charge in [0.2, 0.25) is 11.8 Å². The minimum Gasteiger partial charge on any atom is -0.356 e. The van der Waals surface area contributed by atoms with Crippen LogP contribution in [-0.2, 0) is 22.7 Å². The summed E-state index contributed by atoms with van der Waals surface area (Å²) >= 11 is 0. The van der Waals surface area contributed by atoms with Gasteiger partial charge in [0.25, 0.3) is 0 Å². The molecule has 3 aromatic rings. The van der Waals surface area contributed by atoms with Gasteiger partial charge in [0, 0.05) is 37.1 Å². The van der Waals surface area contributed by atoms with E-state index in [2.05, 4.69) is 48.5 Å². The summed E-state index contributed by atoms with van der Waals surface area (Å²) in [6.45, 7) is 8.33. The van der Waals surface area contributed by atoms with Crippen LogP contribution in [0.1, 0.15) is 64.9 Å². The van der Waals surface area contributed by atoms with E-state index in [-0.39, 0.29) is 24.7 Å². The van der Waals surface area contributed by atoms with E-state index in [0.29, 0.717) is 19.0 Å². The Kier molecular flexibility index (Phi) is 8.52. The number of nitrogens with zero attached hydrogens (tertiary/aromatic N) is 4. The van der Waals surface area contributed by atoms with Gasteiger partial charge in [-0.2, -0.15) is 0 Å². The molecule has 0 atom stereocenters. The van der Waals surface area contributed by atoms with E-state index in [0.717, 1.165) is 66.0 Å². The Balaban J connectivity index is 1.65. The van der Waals surface area contributed by atoms with Crippen LogP contribution in [0.2, 0.25) is 0 Å². The van der Waals surface area contributed by atoms with Crippen molar-refractivity contribution in [1.82, 2.24) is 20.3 Å². The van der Waals surface area contributed by atoms with Crippen LogP contribution in [0.4, 0.5) is 5.69 Å². The van der Waals surface area contributed by atoms with Gasteiger partial charge in [-0.05, 0) is 30.4 Å². The fraction of sp³-hybridized carbons (Fsp3) is 0.448. The van der Waals surface area contributed by atoms with Crippen LogP contribution in [0.5, 0.6) is 0 Å². The largest absolute Gasteiger partial charge is 0.356 e. The number of fused-ring (bicyclic) bond motifs is 5. The van der Waals surface area contributed by atoms with Crippen molar-refractivity contribution in [3.8, 4) is 22.5 Å². The molecule has 4 rings (SSSR count). The van der Waals surface area contributed by atoms with Crippen molar-refractivity contribution in [1.29, 1.82) is 0 Å². The molecule has 1 aliphatic heterocycles. The predicted molar refractivity (Wildman–Crippen MR) is 143 cm³/mol. The molecular weight excluding hydrogens is 450 g/mol. The highest BCUT2D eigenvalue weighted by Crippen LogP contribution is 2.41. The lowest BCUT2D eigenvalue weighted by atomic mass is 9.95. The fourth-order valence-electron chi connectivity index (χ4n) is 4.65. The highest BCUT2D eigenvalue weighted by molar-refractivity contribution is 6.01. The third-order valence-corrected chi connectivity index (χ3v) is 6.67. The first kappa shape index (κ1) is 25.6. The molecule has 0 saturated heterocycles. The van der Waals surface area contributed by atoms with Gasteiger partial charge in [-0.3, -0.25) is 9.59 Å². The second kappa shape index (κ2) is 12.0. The molecule has 190 valence electrons. The number of hydrogen-bond acceptors (Lipinski definition) is 4. The summed E-state index contributed by atoms with van der Waals surface area (Å²) in [7, 11) is 0. The number of carbonyl (C=O) groups excluding carboxylic acids is 2. The van der Waals surface area contributed by atoms with E-state index in [1.54, 1.807) is 4.90 Å². The number of carbonyl (C=O) groups is 2. The first-order valence-electron chi connectivity index (χ1n) is 13.2. The molecule has 0 spiro atoms. The number of anilines is 1. The zero-order chi connectivity index (χ0) is 25.5. The van der Waals surface area contributed by atoms with Crippen LogP contribution in [0, 0.1) is 5.92 Å². The number of amides is 2. The summed E-state index contributed by atoms with van der Waals surface area (Å²) in [5.41, 5.74) is 5.58. The Morgan fingerprint density at radius 3 is 2.53 bits per heavy atom. The van der Waals surface area contributed by atoms with E-state index >= 15 is 0 Å². The van der Waals surface area contributed by atoms with Gasteiger partial charge in [0.05, 0.1) is 17.9 Å². The lowest BCUT2D eigenvalue weighted by Gasteiger charge is -2.28. The molecule has 1 aromatic heterocycles. The first-order chi connectivity index (χ1) is 17.5. The van der Waals surface area contributed by atoms with Crippen LogP contribution >= 0.6 is 0 Å². The molecule has 2 heterocycles. The molecule has 2 amide bonds. The molecule has 0 radical (unpaired) electrons. The second-order valence-corrected chi connectivity index (χ2v) is 9.90. The number of para-hydroxylation sites is 1. The maximum atomic E-state index is 13.5. The summed E-state index contributed by atoms with van der Waals surface area (Å²) in [4.78, 5) is 27.7. The standard InChI is InChI=1S/C29H37N5O2/c1-4-5-10-19-34-29-23-12-7-6-11-22(23)20-33(25-14-9-8-13-24(25)28(29)31-32-34)27(36)16-15-26(35)30-18-17-21(2)3/h6-9,11-14,21H,4-5,10,15-20H2,1-3H3,(H,30,35). The van der Waals surface area contributed by atoms with Crippen molar-refractivity contribution in [3.05, 3.63) is 54.1 Å². The number of aryl methyl sites for hydroxylation is 1. The van der Waals surface area contributed by atoms with Gasteiger partial charge >= 0.3 is 0 Å². The zero-order valence-corrected chi connectivity index (χ0v) is 21.7. The topological polar surface area (TPSA) is 80.1 Å². The van der Waals surface area contributed by atoms with Gasteiger partial charge in [-0.25, -0.2) is 4.68 Å². The Bertz CT molecular complexity index is 1200. The first-order valence-corrected chi connectivity index (χ1v) is 13.2. The SMILES string of the molecule is CCCCCn1nnc2c1-c1ccccc1CN(C(=O)CCC(=O)NCCC(C)C)c1ccccc1-2. The fourth-order valence-corrected chi connectivity index (χ4v) is 4.65. The van der Waals surface area contributed by atoms with E-state index in [4.69, 9.17) is 0 Å². The number of rotatable bonds is 10. The van der Waals surface area contributed by atoms with Crippen molar-refractivity contribution < 1.29 is 9.59 Å². The van der Waals surface area contributed by atoms with Crippen LogP contribution in [0.25, 0.3) is 22.5 Å². The van der Waals surface area contributed by atoms with Crippen LogP contribution in [-0.4, -0.2) is 33.4 Å². The number of hydrogen-bond donors (Lipinski definition) is 1. The summed E-state index contributed by atoms with van der Waals surface area (Å²) in [5, 5.41) is 12.1. The second-order valence-electron chi connectivity index (χ2n) is 9.90. The molecule has 0 unspecified atom stereocenters. The van der Waals surface area contributed by atoms with Crippen LogP contribution in [0.3, 0.4) is 0 Å². The van der Waals surface area contributed by atoms with Crippen LogP contribution in [0.15, 0.2) is 48.5 Å². The molecule has 7 nitrogen and oxygen atoms in total. The Hall–Kier alpha value is -3.48. The smallest absolute Gasteiger partial charge is 0.227 e. The van der Waals surface area contributed by atoms with E-state index in [1.165, 1.54) is 0 Å². The highest BCUT2D eigenvalue weighted by Gasteiger charge is 2.29. The predicted octanol–water partition coefficient (Wildman–Crippen LogP) is 5.59. The molecule has 7 heteroatoms. The molecule has 36 heavy (non-hydrogen) atoms. The summed E-state index contributed by atoms with van der Waals surface area (Å²) in [5.74, 6) is 0.371. The van der Waals surface area contributed by atoms with Crippen molar-refractivity contribution in [2.45, 2.75) is 72.4 Å². The lowest BCUT2D eigenvalue weighted by Crippen LogP contribution is -2.33. The average molecular weight is 488 g/mol. The summed E-state index contributed by atoms with van der Waals surface area (Å²) in [6, 6.07) is 16.1. The molecule has 1 N–H and O–H groups in total. The molecule has 0 bridgehead atoms. The molecule has 2 aromatic carbocycles. The van der Waals surface area contributed by atoms with Crippen LogP contribution < -0.4 is 10.2 Å². The van der Waals surface area contributed by atoms with Crippen molar-refractivity contribution in [3.63, 3.8) is 0 Å². The molecule has 1 aliphatic rings. The van der Waals surface area contributed by atoms with E-state index < -0.39 is 0 Å². The molecular formula is C29H37N5O2. The molecule has 0 aliphatic carbocycles. The zero-order valence-electron chi connectivity index (χ0n) is 21.7. The Labute approximate surface area is 213 Å². The normalized spacial score (nSPS) is 12.4. The van der Waals surface area contributed by atoms with Crippen molar-refractivity contribution in [2.24, 2.45) is 5.92 Å². The number of benzene rings is 2. The monoisotopic (exact) mass is 487 g/mol. The van der Waals surface area contributed by atoms with Crippen molar-refractivity contribution >= 4 is 17.5 Å². The van der Waals surface area contributed by atoms with Gasteiger partial charge in [0.15, 0.2) is 0 Å². The maximum absolute atomic E-state index is 13.5. The van der Waals surface area contributed by atoms with Gasteiger partial charge in [0.1, 0.15) is 5.69 Å². The van der Waals surface area contributed by atoms with Gasteiger partial charge < -0.3 is 10.2 Å². The third-order valence-electron chi connectivity index (χ3n) is 6.67. The number of aromatic nitrogens is 3. The average Bonchev–Trinajstić information content (AvgIpc) is 3.28. The minimum atomic E-state index is -0.0814. The summed E-state index contributed by atoms with van der Waals surface area (Å²) < 4.78 is 2.01. The quantitative estimate of drug-likeness (QED) is 0.378. The summed E-state index contributed by atoms with van der Waals surface area (Å²) in [6.07, 6.45) is 4.58. The number of unbranched alkanes of at least 4 members (excludes halogenated alkanes) is 2. The molecule has 0 saturated carbocycles. The lowest BCUT2D eigenvalue weighted by molar-refractivity contribution is -0.125. The Morgan fingerprint density at radius 2 is 1.75 bits per heavy atom.